The van der Waals surface area contributed by atoms with Crippen molar-refractivity contribution in [2.75, 3.05) is 6.61 Å². The molecule has 1 unspecified atom stereocenters. The number of rotatable bonds is 4. The Hall–Kier alpha value is -1.40. The van der Waals surface area contributed by atoms with Crippen molar-refractivity contribution < 1.29 is 23.4 Å². The number of nitrogens with two attached hydrogens (primary N) is 1. The van der Waals surface area contributed by atoms with Gasteiger partial charge in [0, 0.05) is 5.56 Å². The highest BCUT2D eigenvalue weighted by molar-refractivity contribution is 5.85. The second-order valence-corrected chi connectivity index (χ2v) is 3.36. The van der Waals surface area contributed by atoms with Gasteiger partial charge in [-0.15, -0.1) is 12.4 Å². The second-order valence-electron chi connectivity index (χ2n) is 3.36. The van der Waals surface area contributed by atoms with Crippen LogP contribution >= 0.6 is 12.4 Å². The molecule has 7 heteroatoms. The first-order chi connectivity index (χ1) is 7.99. The molecule has 18 heavy (non-hydrogen) atoms. The molecule has 0 bridgehead atoms. The summed E-state index contributed by atoms with van der Waals surface area (Å²) >= 11 is 0. The highest BCUT2D eigenvalue weighted by atomic mass is 35.5. The smallest absolute Gasteiger partial charge is 0.342 e. The van der Waals surface area contributed by atoms with Crippen molar-refractivity contribution in [1.82, 2.24) is 0 Å². The molecule has 0 aliphatic heterocycles. The lowest BCUT2D eigenvalue weighted by molar-refractivity contribution is -0.149. The van der Waals surface area contributed by atoms with E-state index in [1.54, 1.807) is 0 Å². The molecule has 0 saturated carbocycles. The van der Waals surface area contributed by atoms with E-state index in [0.717, 1.165) is 6.07 Å². The third kappa shape index (κ3) is 3.54. The van der Waals surface area contributed by atoms with Crippen LogP contribution in [-0.4, -0.2) is 23.9 Å². The molecular weight excluding hydrogens is 268 g/mol. The van der Waals surface area contributed by atoms with Crippen LogP contribution in [0, 0.1) is 5.82 Å². The zero-order valence-corrected chi connectivity index (χ0v) is 10.4. The fourth-order valence-electron chi connectivity index (χ4n) is 1.33. The quantitative estimate of drug-likeness (QED) is 0.826. The summed E-state index contributed by atoms with van der Waals surface area (Å²) in [5, 5.41) is 9.35. The van der Waals surface area contributed by atoms with Gasteiger partial charge in [-0.05, 0) is 13.0 Å². The van der Waals surface area contributed by atoms with E-state index in [-0.39, 0.29) is 24.6 Å². The summed E-state index contributed by atoms with van der Waals surface area (Å²) < 4.78 is 31.0. The van der Waals surface area contributed by atoms with Crippen molar-refractivity contribution >= 4 is 18.4 Å². The topological polar surface area (TPSA) is 72.5 Å². The molecule has 3 N–H and O–H groups in total. The van der Waals surface area contributed by atoms with Gasteiger partial charge in [0.1, 0.15) is 0 Å². The number of carbonyl (C=O) groups excluding carboxylic acids is 1. The monoisotopic (exact) mass is 281 g/mol. The van der Waals surface area contributed by atoms with Gasteiger partial charge in [-0.3, -0.25) is 0 Å². The Morgan fingerprint density at radius 2 is 2.17 bits per heavy atom. The van der Waals surface area contributed by atoms with Gasteiger partial charge in [0.2, 0.25) is 6.17 Å². The number of carbonyl (C=O) groups is 1. The van der Waals surface area contributed by atoms with Gasteiger partial charge < -0.3 is 15.6 Å². The van der Waals surface area contributed by atoms with E-state index < -0.39 is 29.7 Å². The number of esters is 1. The Labute approximate surface area is 109 Å². The predicted octanol–water partition coefficient (Wildman–Crippen LogP) is 1.85. The van der Waals surface area contributed by atoms with E-state index in [9.17, 15) is 18.7 Å². The molecule has 0 amide bonds. The summed E-state index contributed by atoms with van der Waals surface area (Å²) in [5.74, 6) is -2.82. The van der Waals surface area contributed by atoms with Crippen LogP contribution in [0.15, 0.2) is 18.2 Å². The van der Waals surface area contributed by atoms with Gasteiger partial charge in [0.15, 0.2) is 11.6 Å². The van der Waals surface area contributed by atoms with E-state index >= 15 is 0 Å². The SMILES string of the molecule is CCOC(=O)C(F)[C@@H](N)c1cccc(F)c1O.Cl. The van der Waals surface area contributed by atoms with Gasteiger partial charge in [0.05, 0.1) is 12.6 Å². The minimum atomic E-state index is -2.15. The van der Waals surface area contributed by atoms with E-state index in [2.05, 4.69) is 4.74 Å². The summed E-state index contributed by atoms with van der Waals surface area (Å²) in [4.78, 5) is 11.1. The molecule has 1 aromatic rings. The number of hydrogen-bond donors (Lipinski definition) is 2. The van der Waals surface area contributed by atoms with Crippen LogP contribution in [0.2, 0.25) is 0 Å². The normalized spacial score (nSPS) is 13.3. The fraction of sp³-hybridized carbons (Fsp3) is 0.364. The van der Waals surface area contributed by atoms with Gasteiger partial charge in [-0.2, -0.15) is 0 Å². The Morgan fingerprint density at radius 1 is 1.56 bits per heavy atom. The van der Waals surface area contributed by atoms with Crippen LogP contribution in [0.25, 0.3) is 0 Å². The lowest BCUT2D eigenvalue weighted by atomic mass is 10.0. The van der Waals surface area contributed by atoms with E-state index in [4.69, 9.17) is 5.73 Å². The van der Waals surface area contributed by atoms with E-state index in [0.29, 0.717) is 0 Å². The maximum absolute atomic E-state index is 13.5. The zero-order valence-electron chi connectivity index (χ0n) is 9.60. The molecule has 102 valence electrons. The third-order valence-corrected chi connectivity index (χ3v) is 2.20. The van der Waals surface area contributed by atoms with Gasteiger partial charge in [-0.25, -0.2) is 13.6 Å². The standard InChI is InChI=1S/C11H13F2NO3.ClH/c1-2-17-11(16)8(13)9(14)6-4-3-5-7(12)10(6)15;/h3-5,8-9,15H,2,14H2,1H3;1H/t8?,9-;/m0./s1. The highest BCUT2D eigenvalue weighted by Gasteiger charge is 2.30. The van der Waals surface area contributed by atoms with Crippen LogP contribution in [0.1, 0.15) is 18.5 Å². The second kappa shape index (κ2) is 7.13. The number of phenolic OH excluding ortho intramolecular Hbond substituents is 1. The number of ether oxygens (including phenoxy) is 1. The fourth-order valence-corrected chi connectivity index (χ4v) is 1.33. The molecule has 2 atom stereocenters. The number of para-hydroxylation sites is 1. The summed E-state index contributed by atoms with van der Waals surface area (Å²) in [6, 6.07) is 2.05. The van der Waals surface area contributed by atoms with Crippen LogP contribution in [0.3, 0.4) is 0 Å². The number of benzene rings is 1. The van der Waals surface area contributed by atoms with Crippen molar-refractivity contribution in [3.63, 3.8) is 0 Å². The molecule has 0 heterocycles. The average Bonchev–Trinajstić information content (AvgIpc) is 2.31. The van der Waals surface area contributed by atoms with Crippen molar-refractivity contribution in [2.45, 2.75) is 19.1 Å². The lowest BCUT2D eigenvalue weighted by Crippen LogP contribution is -2.31. The average molecular weight is 282 g/mol. The first kappa shape index (κ1) is 16.6. The van der Waals surface area contributed by atoms with Gasteiger partial charge in [-0.1, -0.05) is 12.1 Å². The minimum absolute atomic E-state index is 0. The van der Waals surface area contributed by atoms with Gasteiger partial charge >= 0.3 is 5.97 Å². The van der Waals surface area contributed by atoms with Crippen LogP contribution in [0.4, 0.5) is 8.78 Å². The van der Waals surface area contributed by atoms with Crippen molar-refractivity contribution in [3.8, 4) is 5.75 Å². The molecule has 0 radical (unpaired) electrons. The maximum Gasteiger partial charge on any atom is 0.342 e. The molecule has 0 aliphatic carbocycles. The highest BCUT2D eigenvalue weighted by Crippen LogP contribution is 2.28. The number of aromatic hydroxyl groups is 1. The summed E-state index contributed by atoms with van der Waals surface area (Å²) in [5.41, 5.74) is 5.26. The number of alkyl halides is 1. The van der Waals surface area contributed by atoms with E-state index in [1.165, 1.54) is 19.1 Å². The molecular formula is C11H14ClF2NO3. The van der Waals surface area contributed by atoms with Crippen molar-refractivity contribution in [1.29, 1.82) is 0 Å². The predicted molar refractivity (Wildman–Crippen MR) is 63.8 cm³/mol. The summed E-state index contributed by atoms with van der Waals surface area (Å²) in [6.45, 7) is 1.54. The first-order valence-electron chi connectivity index (χ1n) is 5.02. The van der Waals surface area contributed by atoms with Crippen molar-refractivity contribution in [2.24, 2.45) is 5.73 Å². The largest absolute Gasteiger partial charge is 0.505 e. The summed E-state index contributed by atoms with van der Waals surface area (Å²) in [6.07, 6.45) is -2.15. The maximum atomic E-state index is 13.5. The number of halogens is 3. The molecule has 0 fully saturated rings. The Morgan fingerprint density at radius 3 is 2.72 bits per heavy atom. The molecule has 0 spiro atoms. The molecule has 0 saturated heterocycles. The molecule has 0 aliphatic rings. The molecule has 1 rings (SSSR count). The van der Waals surface area contributed by atoms with E-state index in [1.807, 2.05) is 0 Å². The Bertz CT molecular complexity index is 417. The van der Waals surface area contributed by atoms with Crippen LogP contribution < -0.4 is 5.73 Å². The van der Waals surface area contributed by atoms with Crippen molar-refractivity contribution in [3.05, 3.63) is 29.6 Å². The third-order valence-electron chi connectivity index (χ3n) is 2.20. The molecule has 0 aromatic heterocycles. The minimum Gasteiger partial charge on any atom is -0.505 e. The lowest BCUT2D eigenvalue weighted by Gasteiger charge is -2.16. The Balaban J connectivity index is 0.00000289. The number of hydrogen-bond acceptors (Lipinski definition) is 4. The molecule has 4 nitrogen and oxygen atoms in total. The number of phenols is 1. The molecule has 1 aromatic carbocycles. The first-order valence-corrected chi connectivity index (χ1v) is 5.02. The Kier molecular flexibility index (Phi) is 6.57. The van der Waals surface area contributed by atoms with Crippen LogP contribution in [-0.2, 0) is 9.53 Å². The zero-order chi connectivity index (χ0) is 13.0. The van der Waals surface area contributed by atoms with Gasteiger partial charge in [0.25, 0.3) is 0 Å². The summed E-state index contributed by atoms with van der Waals surface area (Å²) in [7, 11) is 0. The van der Waals surface area contributed by atoms with Crippen LogP contribution in [0.5, 0.6) is 5.75 Å².